The molecule has 4 fully saturated rings. The van der Waals surface area contributed by atoms with Gasteiger partial charge in [-0.15, -0.1) is 0 Å². The second-order valence-electron chi connectivity index (χ2n) is 12.4. The molecule has 0 aromatic rings. The first-order valence-corrected chi connectivity index (χ1v) is 15.0. The summed E-state index contributed by atoms with van der Waals surface area (Å²) >= 11 is 0. The number of hydrogen-bond donors (Lipinski definition) is 0. The van der Waals surface area contributed by atoms with E-state index in [0.717, 1.165) is 44.4 Å². The highest BCUT2D eigenvalue weighted by molar-refractivity contribution is 5.99. The first-order valence-electron chi connectivity index (χ1n) is 15.0. The van der Waals surface area contributed by atoms with Crippen molar-refractivity contribution >= 4 is 23.6 Å². The van der Waals surface area contributed by atoms with Crippen LogP contribution in [-0.4, -0.2) is 46.5 Å². The fourth-order valence-corrected chi connectivity index (χ4v) is 7.34. The Morgan fingerprint density at radius 3 is 1.19 bits per heavy atom. The van der Waals surface area contributed by atoms with E-state index < -0.39 is 0 Å². The van der Waals surface area contributed by atoms with E-state index in [1.54, 1.807) is 11.9 Å². The molecule has 202 valence electrons. The monoisotopic (exact) mass is 500 g/mol. The normalized spacial score (nSPS) is 36.4. The van der Waals surface area contributed by atoms with Gasteiger partial charge in [-0.1, -0.05) is 58.3 Å². The van der Waals surface area contributed by atoms with Gasteiger partial charge in [0.2, 0.25) is 23.6 Å². The number of carbonyl (C=O) groups is 4. The molecule has 0 aromatic heterocycles. The van der Waals surface area contributed by atoms with Gasteiger partial charge in [0.25, 0.3) is 0 Å². The fraction of sp³-hybridized carbons (Fsp3) is 0.867. The van der Waals surface area contributed by atoms with Gasteiger partial charge in [0, 0.05) is 36.8 Å². The van der Waals surface area contributed by atoms with E-state index in [1.807, 2.05) is 0 Å². The van der Waals surface area contributed by atoms with E-state index in [4.69, 9.17) is 0 Å². The molecule has 4 unspecified atom stereocenters. The van der Waals surface area contributed by atoms with Gasteiger partial charge in [-0.2, -0.15) is 0 Å². The molecule has 2 aliphatic carbocycles. The Morgan fingerprint density at radius 1 is 0.472 bits per heavy atom. The van der Waals surface area contributed by atoms with E-state index >= 15 is 0 Å². The lowest BCUT2D eigenvalue weighted by atomic mass is 9.84. The summed E-state index contributed by atoms with van der Waals surface area (Å²) in [4.78, 5) is 57.0. The summed E-state index contributed by atoms with van der Waals surface area (Å²) in [5.74, 6) is -0.0657. The lowest BCUT2D eigenvalue weighted by Gasteiger charge is -2.33. The van der Waals surface area contributed by atoms with Gasteiger partial charge in [0.1, 0.15) is 0 Å². The Bertz CT molecular complexity index is 749. The molecule has 2 saturated heterocycles. The van der Waals surface area contributed by atoms with Crippen LogP contribution in [0.3, 0.4) is 0 Å². The minimum Gasteiger partial charge on any atom is -0.285 e. The average molecular weight is 501 g/mol. The highest BCUT2D eigenvalue weighted by Gasteiger charge is 2.43. The first kappa shape index (κ1) is 27.3. The number of fused-ring (bicyclic) bond motifs is 6. The minimum atomic E-state index is -0.192. The van der Waals surface area contributed by atoms with Crippen molar-refractivity contribution in [2.75, 3.05) is 7.05 Å². The summed E-state index contributed by atoms with van der Waals surface area (Å²) in [5.41, 5.74) is 0. The number of nitrogens with zero attached hydrogens (tertiary/aromatic N) is 2. The Balaban J connectivity index is 1.56. The molecule has 4 atom stereocenters. The van der Waals surface area contributed by atoms with Crippen molar-refractivity contribution < 1.29 is 19.2 Å². The third-order valence-corrected chi connectivity index (χ3v) is 9.82. The standard InChI is InChI=1S/C30H48N2O4/c1-21-9-5-3-7-11-26(12-8-4-6-10-21)32-29(35)24-17-15-22-13-14-23(28(34)31(2)27(22)33)16-18-25(20-19-24)30(32)36/h21-26H,3-20H2,1-2H3. The van der Waals surface area contributed by atoms with E-state index in [2.05, 4.69) is 6.92 Å². The number of hydrogen-bond acceptors (Lipinski definition) is 4. The van der Waals surface area contributed by atoms with Gasteiger partial charge >= 0.3 is 0 Å². The Labute approximate surface area is 217 Å². The van der Waals surface area contributed by atoms with Gasteiger partial charge in [0.15, 0.2) is 0 Å². The van der Waals surface area contributed by atoms with E-state index in [9.17, 15) is 19.2 Å². The summed E-state index contributed by atoms with van der Waals surface area (Å²) in [6.45, 7) is 2.37. The van der Waals surface area contributed by atoms with Crippen LogP contribution in [0.2, 0.25) is 0 Å². The Hall–Kier alpha value is -1.72. The molecule has 0 spiro atoms. The number of likely N-dealkylation sites (tertiary alicyclic amines) is 2. The lowest BCUT2D eigenvalue weighted by Crippen LogP contribution is -2.48. The van der Waals surface area contributed by atoms with E-state index in [-0.39, 0.29) is 53.3 Å². The highest BCUT2D eigenvalue weighted by Crippen LogP contribution is 2.37. The van der Waals surface area contributed by atoms with Gasteiger partial charge in [-0.05, 0) is 70.1 Å². The van der Waals surface area contributed by atoms with Crippen molar-refractivity contribution in [2.24, 2.45) is 29.6 Å². The maximum absolute atomic E-state index is 14.0. The third-order valence-electron chi connectivity index (χ3n) is 9.82. The summed E-state index contributed by atoms with van der Waals surface area (Å²) in [7, 11) is 1.61. The first-order chi connectivity index (χ1) is 17.4. The number of carbonyl (C=O) groups excluding carboxylic acids is 4. The van der Waals surface area contributed by atoms with Gasteiger partial charge < -0.3 is 0 Å². The quantitative estimate of drug-likeness (QED) is 0.422. The van der Waals surface area contributed by atoms with Crippen molar-refractivity contribution in [2.45, 2.75) is 129 Å². The predicted octanol–water partition coefficient (Wildman–Crippen LogP) is 5.87. The zero-order valence-corrected chi connectivity index (χ0v) is 22.7. The van der Waals surface area contributed by atoms with Crippen LogP contribution < -0.4 is 0 Å². The van der Waals surface area contributed by atoms with Crippen LogP contribution in [0, 0.1) is 29.6 Å². The maximum atomic E-state index is 14.0. The predicted molar refractivity (Wildman–Crippen MR) is 140 cm³/mol. The summed E-state index contributed by atoms with van der Waals surface area (Å²) in [5, 5.41) is 0. The van der Waals surface area contributed by atoms with E-state index in [1.165, 1.54) is 43.4 Å². The number of amides is 4. The summed E-state index contributed by atoms with van der Waals surface area (Å²) < 4.78 is 0. The summed E-state index contributed by atoms with van der Waals surface area (Å²) in [6, 6.07) is 0.00368. The molecule has 36 heavy (non-hydrogen) atoms. The topological polar surface area (TPSA) is 74.8 Å². The van der Waals surface area contributed by atoms with Gasteiger partial charge in [-0.25, -0.2) is 0 Å². The largest absolute Gasteiger partial charge is 0.285 e. The molecule has 0 radical (unpaired) electrons. The number of rotatable bonds is 1. The van der Waals surface area contributed by atoms with Crippen molar-refractivity contribution in [1.82, 2.24) is 9.80 Å². The molecular formula is C30H48N2O4. The van der Waals surface area contributed by atoms with Gasteiger partial charge in [-0.3, -0.25) is 29.0 Å². The second-order valence-corrected chi connectivity index (χ2v) is 12.4. The summed E-state index contributed by atoms with van der Waals surface area (Å²) in [6.07, 6.45) is 16.8. The fourth-order valence-electron chi connectivity index (χ4n) is 7.34. The van der Waals surface area contributed by atoms with Crippen molar-refractivity contribution in [1.29, 1.82) is 0 Å². The Kier molecular flexibility index (Phi) is 9.63. The van der Waals surface area contributed by atoms with Crippen LogP contribution in [0.5, 0.6) is 0 Å². The molecule has 0 aromatic carbocycles. The van der Waals surface area contributed by atoms with Crippen LogP contribution in [0.1, 0.15) is 122 Å². The Morgan fingerprint density at radius 2 is 0.806 bits per heavy atom. The highest BCUT2D eigenvalue weighted by atomic mass is 16.2. The van der Waals surface area contributed by atoms with E-state index in [0.29, 0.717) is 38.5 Å². The average Bonchev–Trinajstić information content (AvgIpc) is 3.02. The molecule has 6 nitrogen and oxygen atoms in total. The molecule has 4 aliphatic rings. The van der Waals surface area contributed by atoms with Crippen molar-refractivity contribution in [3.8, 4) is 0 Å². The molecule has 4 amide bonds. The van der Waals surface area contributed by atoms with Gasteiger partial charge in [0.05, 0.1) is 0 Å². The molecule has 0 N–H and O–H groups in total. The molecule has 4 rings (SSSR count). The zero-order chi connectivity index (χ0) is 25.7. The van der Waals surface area contributed by atoms with Crippen molar-refractivity contribution in [3.63, 3.8) is 0 Å². The number of imide groups is 2. The van der Waals surface area contributed by atoms with Crippen LogP contribution in [0.4, 0.5) is 0 Å². The molecular weight excluding hydrogens is 452 g/mol. The SMILES string of the molecule is CC1CCCCCC(N2C(=O)C3CCC4CCC(CCC(CC3)C2=O)C(=O)N(C)C4=O)CCCCC1. The van der Waals surface area contributed by atoms with Crippen LogP contribution in [0.15, 0.2) is 0 Å². The van der Waals surface area contributed by atoms with Crippen LogP contribution >= 0.6 is 0 Å². The zero-order valence-electron chi connectivity index (χ0n) is 22.7. The molecule has 2 aliphatic heterocycles. The molecule has 2 heterocycles. The molecule has 4 bridgehead atoms. The second kappa shape index (κ2) is 12.7. The van der Waals surface area contributed by atoms with Crippen molar-refractivity contribution in [3.05, 3.63) is 0 Å². The molecule has 6 heteroatoms. The van der Waals surface area contributed by atoms with Crippen LogP contribution in [0.25, 0.3) is 0 Å². The molecule has 2 saturated carbocycles. The third kappa shape index (κ3) is 6.39. The maximum Gasteiger partial charge on any atom is 0.232 e. The minimum absolute atomic E-state index is 0.00368. The smallest absolute Gasteiger partial charge is 0.232 e. The van der Waals surface area contributed by atoms with Crippen LogP contribution in [-0.2, 0) is 19.2 Å². The lowest BCUT2D eigenvalue weighted by molar-refractivity contribution is -0.153.